The van der Waals surface area contributed by atoms with Crippen LogP contribution >= 0.6 is 0 Å². The predicted molar refractivity (Wildman–Crippen MR) is 132 cm³/mol. The fraction of sp³-hybridized carbons (Fsp3) is 0.345. The van der Waals surface area contributed by atoms with Gasteiger partial charge in [0.05, 0.1) is 23.4 Å². The number of nitrogens with zero attached hydrogens (tertiary/aromatic N) is 1. The fourth-order valence-electron chi connectivity index (χ4n) is 5.18. The molecule has 39 heavy (non-hydrogen) atoms. The van der Waals surface area contributed by atoms with E-state index in [2.05, 4.69) is 0 Å². The van der Waals surface area contributed by atoms with Crippen LogP contribution in [-0.4, -0.2) is 35.2 Å². The molecule has 1 saturated heterocycles. The fourth-order valence-corrected chi connectivity index (χ4v) is 5.18. The van der Waals surface area contributed by atoms with Crippen LogP contribution in [0.5, 0.6) is 0 Å². The average molecular weight is 554 g/mol. The van der Waals surface area contributed by atoms with Crippen molar-refractivity contribution in [3.8, 4) is 11.1 Å². The molecule has 0 spiro atoms. The molecule has 0 unspecified atom stereocenters. The van der Waals surface area contributed by atoms with Crippen molar-refractivity contribution < 1.29 is 40.6 Å². The molecule has 4 rings (SSSR count). The lowest BCUT2D eigenvalue weighted by Crippen LogP contribution is -2.41. The Morgan fingerprint density at radius 2 is 1.49 bits per heavy atom. The first kappa shape index (κ1) is 28.6. The van der Waals surface area contributed by atoms with E-state index in [1.165, 1.54) is 25.1 Å². The Hall–Kier alpha value is -3.40. The molecule has 208 valence electrons. The van der Waals surface area contributed by atoms with Crippen LogP contribution in [0.15, 0.2) is 66.7 Å². The van der Waals surface area contributed by atoms with Crippen molar-refractivity contribution in [3.05, 3.63) is 94.8 Å². The van der Waals surface area contributed by atoms with Crippen LogP contribution in [0.2, 0.25) is 0 Å². The van der Waals surface area contributed by atoms with Crippen LogP contribution in [0.3, 0.4) is 0 Å². The Labute approximate surface area is 220 Å². The van der Waals surface area contributed by atoms with Gasteiger partial charge in [0.25, 0.3) is 0 Å². The second-order valence-corrected chi connectivity index (χ2v) is 9.76. The minimum atomic E-state index is -4.90. The Balaban J connectivity index is 1.96. The largest absolute Gasteiger partial charge is 0.481 e. The lowest BCUT2D eigenvalue weighted by Gasteiger charge is -2.39. The molecule has 10 heteroatoms. The van der Waals surface area contributed by atoms with Crippen molar-refractivity contribution in [1.82, 2.24) is 4.90 Å². The molecule has 1 N–H and O–H groups in total. The molecule has 1 heterocycles. The van der Waals surface area contributed by atoms with Gasteiger partial charge in [0.15, 0.2) is 0 Å². The molecule has 1 aliphatic heterocycles. The van der Waals surface area contributed by atoms with E-state index in [-0.39, 0.29) is 31.5 Å². The third-order valence-electron chi connectivity index (χ3n) is 7.29. The summed E-state index contributed by atoms with van der Waals surface area (Å²) >= 11 is 0. The van der Waals surface area contributed by atoms with E-state index in [0.29, 0.717) is 16.7 Å². The van der Waals surface area contributed by atoms with Gasteiger partial charge < -0.3 is 5.11 Å². The maximum atomic E-state index is 14.3. The first-order valence-corrected chi connectivity index (χ1v) is 12.4. The molecular weight excluding hydrogens is 527 g/mol. The number of carbonyl (C=O) groups is 1. The lowest BCUT2D eigenvalue weighted by molar-refractivity contribution is -0.185. The highest BCUT2D eigenvalue weighted by atomic mass is 19.4. The second-order valence-electron chi connectivity index (χ2n) is 9.76. The number of alkyl halides is 6. The maximum Gasteiger partial charge on any atom is 0.416 e. The van der Waals surface area contributed by atoms with Gasteiger partial charge in [0, 0.05) is 0 Å². The SMILES string of the molecule is C[C@@H](C(=O)O)c1cc(-c2ccccc2)c([C@@H](c2ccc(F)cc2)N2CCC(C(F)(F)F)CC2)cc1C(F)(F)F. The molecule has 1 fully saturated rings. The summed E-state index contributed by atoms with van der Waals surface area (Å²) in [5.74, 6) is -5.01. The van der Waals surface area contributed by atoms with E-state index in [9.17, 15) is 40.6 Å². The number of likely N-dealkylation sites (tertiary alicyclic amines) is 1. The number of hydrogen-bond acceptors (Lipinski definition) is 2. The summed E-state index contributed by atoms with van der Waals surface area (Å²) < 4.78 is 97.0. The van der Waals surface area contributed by atoms with Gasteiger partial charge in [-0.3, -0.25) is 9.69 Å². The Morgan fingerprint density at radius 3 is 2.00 bits per heavy atom. The zero-order valence-electron chi connectivity index (χ0n) is 20.9. The van der Waals surface area contributed by atoms with Crippen molar-refractivity contribution in [1.29, 1.82) is 0 Å². The van der Waals surface area contributed by atoms with Crippen LogP contribution in [-0.2, 0) is 11.0 Å². The Bertz CT molecular complexity index is 1300. The van der Waals surface area contributed by atoms with E-state index >= 15 is 0 Å². The first-order chi connectivity index (χ1) is 18.3. The minimum Gasteiger partial charge on any atom is -0.481 e. The van der Waals surface area contributed by atoms with Gasteiger partial charge in [-0.1, -0.05) is 42.5 Å². The van der Waals surface area contributed by atoms with E-state index < -0.39 is 53.1 Å². The number of rotatable bonds is 6. The number of benzene rings is 3. The topological polar surface area (TPSA) is 40.5 Å². The van der Waals surface area contributed by atoms with Crippen molar-refractivity contribution in [2.24, 2.45) is 5.92 Å². The third-order valence-corrected chi connectivity index (χ3v) is 7.29. The second kappa shape index (κ2) is 11.0. The van der Waals surface area contributed by atoms with Crippen LogP contribution in [0.25, 0.3) is 11.1 Å². The van der Waals surface area contributed by atoms with Crippen molar-refractivity contribution in [2.45, 2.75) is 44.1 Å². The molecule has 0 aromatic heterocycles. The monoisotopic (exact) mass is 553 g/mol. The predicted octanol–water partition coefficient (Wildman–Crippen LogP) is 8.06. The van der Waals surface area contributed by atoms with Gasteiger partial charge in [0.1, 0.15) is 5.82 Å². The Kier molecular flexibility index (Phi) is 8.07. The lowest BCUT2D eigenvalue weighted by atomic mass is 9.83. The number of carboxylic acids is 1. The van der Waals surface area contributed by atoms with Gasteiger partial charge in [-0.2, -0.15) is 26.3 Å². The zero-order valence-corrected chi connectivity index (χ0v) is 20.9. The van der Waals surface area contributed by atoms with E-state index in [0.717, 1.165) is 18.2 Å². The summed E-state index contributed by atoms with van der Waals surface area (Å²) in [4.78, 5) is 13.4. The molecule has 3 aromatic carbocycles. The van der Waals surface area contributed by atoms with Gasteiger partial charge in [-0.25, -0.2) is 4.39 Å². The molecule has 0 saturated carbocycles. The third kappa shape index (κ3) is 6.27. The molecule has 3 aromatic rings. The van der Waals surface area contributed by atoms with Gasteiger partial charge in [0.2, 0.25) is 0 Å². The normalized spacial score (nSPS) is 17.1. The van der Waals surface area contributed by atoms with Gasteiger partial charge in [-0.15, -0.1) is 0 Å². The first-order valence-electron chi connectivity index (χ1n) is 12.4. The molecule has 2 atom stereocenters. The number of hydrogen-bond donors (Lipinski definition) is 1. The van der Waals surface area contributed by atoms with E-state index in [4.69, 9.17) is 0 Å². The Morgan fingerprint density at radius 1 is 0.897 bits per heavy atom. The average Bonchev–Trinajstić information content (AvgIpc) is 2.89. The van der Waals surface area contributed by atoms with E-state index in [1.54, 1.807) is 35.2 Å². The maximum absolute atomic E-state index is 14.3. The molecule has 0 radical (unpaired) electrons. The van der Waals surface area contributed by atoms with Crippen molar-refractivity contribution in [2.75, 3.05) is 13.1 Å². The summed E-state index contributed by atoms with van der Waals surface area (Å²) in [5, 5.41) is 9.56. The van der Waals surface area contributed by atoms with Gasteiger partial charge in [-0.05, 0) is 84.9 Å². The van der Waals surface area contributed by atoms with E-state index in [1.807, 2.05) is 0 Å². The number of halogens is 7. The molecular formula is C29H26F7NO2. The smallest absolute Gasteiger partial charge is 0.416 e. The highest BCUT2D eigenvalue weighted by Crippen LogP contribution is 2.45. The van der Waals surface area contributed by atoms with Crippen LogP contribution < -0.4 is 0 Å². The molecule has 3 nitrogen and oxygen atoms in total. The summed E-state index contributed by atoms with van der Waals surface area (Å²) in [6, 6.07) is 14.7. The van der Waals surface area contributed by atoms with Crippen LogP contribution in [0.4, 0.5) is 30.7 Å². The zero-order chi connectivity index (χ0) is 28.5. The number of aliphatic carboxylic acids is 1. The summed E-state index contributed by atoms with van der Waals surface area (Å²) in [6.45, 7) is 1.07. The molecule has 0 amide bonds. The van der Waals surface area contributed by atoms with Crippen molar-refractivity contribution >= 4 is 5.97 Å². The molecule has 1 aliphatic rings. The molecule has 0 aliphatic carbocycles. The standard InChI is InChI=1S/C29H26F7NO2/c1-17(27(38)39)22-15-23(18-5-3-2-4-6-18)24(16-25(22)29(34,35)36)26(19-7-9-21(30)10-8-19)37-13-11-20(12-14-37)28(31,32)33/h2-10,15-17,20,26H,11-14H2,1H3,(H,38,39)/t17-,26-/m1/s1. The van der Waals surface area contributed by atoms with Gasteiger partial charge >= 0.3 is 18.3 Å². The van der Waals surface area contributed by atoms with Crippen molar-refractivity contribution in [3.63, 3.8) is 0 Å². The quantitative estimate of drug-likeness (QED) is 0.314. The van der Waals surface area contributed by atoms with Crippen LogP contribution in [0.1, 0.15) is 54.0 Å². The number of piperidine rings is 1. The molecule has 0 bridgehead atoms. The van der Waals surface area contributed by atoms with Crippen LogP contribution in [0, 0.1) is 11.7 Å². The summed E-state index contributed by atoms with van der Waals surface area (Å²) in [6.07, 6.45) is -9.76. The minimum absolute atomic E-state index is 0.0465. The highest BCUT2D eigenvalue weighted by molar-refractivity contribution is 5.79. The summed E-state index contributed by atoms with van der Waals surface area (Å²) in [7, 11) is 0. The highest BCUT2D eigenvalue weighted by Gasteiger charge is 2.43. The summed E-state index contributed by atoms with van der Waals surface area (Å²) in [5.41, 5.74) is -0.176. The number of carboxylic acid groups (broad SMARTS) is 1.